The van der Waals surface area contributed by atoms with Gasteiger partial charge in [0.2, 0.25) is 5.91 Å². The van der Waals surface area contributed by atoms with Crippen molar-refractivity contribution in [2.75, 3.05) is 5.32 Å². The molecule has 0 aliphatic heterocycles. The summed E-state index contributed by atoms with van der Waals surface area (Å²) in [6.07, 6.45) is -0.447. The van der Waals surface area contributed by atoms with E-state index >= 15 is 0 Å². The average molecular weight is 418 g/mol. The largest absolute Gasteiger partial charge is 0.480 e. The van der Waals surface area contributed by atoms with Crippen LogP contribution < -0.4 is 5.32 Å². The molecule has 2 aromatic rings. The van der Waals surface area contributed by atoms with Gasteiger partial charge in [0, 0.05) is 4.47 Å². The van der Waals surface area contributed by atoms with Gasteiger partial charge in [0.25, 0.3) is 0 Å². The maximum atomic E-state index is 12.9. The molecule has 3 N–H and O–H groups in total. The van der Waals surface area contributed by atoms with Gasteiger partial charge in [-0.1, -0.05) is 36.4 Å². The summed E-state index contributed by atoms with van der Waals surface area (Å²) in [5, 5.41) is 22.0. The molecule has 0 heterocycles. The minimum Gasteiger partial charge on any atom is -0.480 e. The molecule has 7 heteroatoms. The summed E-state index contributed by atoms with van der Waals surface area (Å²) in [5.41, 5.74) is -0.257. The number of hydrogen-bond acceptors (Lipinski definition) is 3. The third kappa shape index (κ3) is 3.10. The first-order chi connectivity index (χ1) is 12.3. The fraction of sp³-hybridized carbons (Fsp3) is 0.211. The molecule has 0 bridgehead atoms. The van der Waals surface area contributed by atoms with E-state index in [1.165, 1.54) is 0 Å². The zero-order valence-corrected chi connectivity index (χ0v) is 15.2. The fourth-order valence-corrected chi connectivity index (χ4v) is 3.71. The average Bonchev–Trinajstić information content (AvgIpc) is 2.62. The van der Waals surface area contributed by atoms with Gasteiger partial charge in [-0.25, -0.2) is 0 Å². The molecular formula is C19H16BrNO5. The highest BCUT2D eigenvalue weighted by Crippen LogP contribution is 2.43. The number of halogens is 1. The second-order valence-corrected chi connectivity index (χ2v) is 7.15. The summed E-state index contributed by atoms with van der Waals surface area (Å²) in [5.74, 6) is -4.17. The number of para-hydroxylation sites is 1. The van der Waals surface area contributed by atoms with Crippen LogP contribution in [0.4, 0.5) is 5.69 Å². The van der Waals surface area contributed by atoms with E-state index in [4.69, 9.17) is 0 Å². The quantitative estimate of drug-likeness (QED) is 0.662. The standard InChI is InChI=1S/C19H16BrNO5/c20-14-7-3-4-8-15(14)21-16(22)13-10-19(17(23)24,18(25)26)9-11-5-1-2-6-12(11)13/h1-8,13H,9-10H2,(H,21,22)(H,23,24)(H,25,26). The van der Waals surface area contributed by atoms with E-state index in [9.17, 15) is 24.6 Å². The van der Waals surface area contributed by atoms with Crippen molar-refractivity contribution in [2.24, 2.45) is 5.41 Å². The molecule has 0 fully saturated rings. The summed E-state index contributed by atoms with van der Waals surface area (Å²) in [7, 11) is 0. The Morgan fingerprint density at radius 2 is 1.62 bits per heavy atom. The third-order valence-electron chi connectivity index (χ3n) is 4.74. The van der Waals surface area contributed by atoms with Crippen molar-refractivity contribution in [2.45, 2.75) is 18.8 Å². The molecule has 0 saturated carbocycles. The third-order valence-corrected chi connectivity index (χ3v) is 5.43. The van der Waals surface area contributed by atoms with Crippen molar-refractivity contribution < 1.29 is 24.6 Å². The second kappa shape index (κ2) is 6.92. The molecule has 1 aliphatic carbocycles. The van der Waals surface area contributed by atoms with Crippen LogP contribution in [0.15, 0.2) is 53.0 Å². The minimum atomic E-state index is -2.02. The molecular weight excluding hydrogens is 402 g/mol. The molecule has 1 atom stereocenters. The Hall–Kier alpha value is -2.67. The number of carbonyl (C=O) groups excluding carboxylic acids is 1. The second-order valence-electron chi connectivity index (χ2n) is 6.29. The number of aliphatic carboxylic acids is 2. The van der Waals surface area contributed by atoms with Gasteiger partial charge in [0.1, 0.15) is 0 Å². The van der Waals surface area contributed by atoms with E-state index in [-0.39, 0.29) is 12.8 Å². The number of carbonyl (C=O) groups is 3. The Balaban J connectivity index is 2.02. The molecule has 2 aromatic carbocycles. The highest BCUT2D eigenvalue weighted by atomic mass is 79.9. The number of hydrogen-bond donors (Lipinski definition) is 3. The van der Waals surface area contributed by atoms with Gasteiger partial charge in [-0.05, 0) is 52.0 Å². The Kier molecular flexibility index (Phi) is 4.82. The molecule has 0 spiro atoms. The molecule has 3 rings (SSSR count). The summed E-state index contributed by atoms with van der Waals surface area (Å²) >= 11 is 3.35. The minimum absolute atomic E-state index is 0.146. The lowest BCUT2D eigenvalue weighted by molar-refractivity contribution is -0.166. The van der Waals surface area contributed by atoms with Crippen LogP contribution in [-0.4, -0.2) is 28.1 Å². The van der Waals surface area contributed by atoms with E-state index in [1.54, 1.807) is 48.5 Å². The zero-order valence-electron chi connectivity index (χ0n) is 13.6. The van der Waals surface area contributed by atoms with Gasteiger partial charge in [-0.2, -0.15) is 0 Å². The molecule has 1 amide bonds. The summed E-state index contributed by atoms with van der Waals surface area (Å²) < 4.78 is 0.681. The summed E-state index contributed by atoms with van der Waals surface area (Å²) in [6.45, 7) is 0. The van der Waals surface area contributed by atoms with Crippen LogP contribution in [0.3, 0.4) is 0 Å². The zero-order chi connectivity index (χ0) is 18.9. The maximum absolute atomic E-state index is 12.9. The van der Waals surface area contributed by atoms with Gasteiger partial charge in [0.15, 0.2) is 5.41 Å². The molecule has 26 heavy (non-hydrogen) atoms. The first-order valence-electron chi connectivity index (χ1n) is 7.95. The predicted molar refractivity (Wildman–Crippen MR) is 98.0 cm³/mol. The summed E-state index contributed by atoms with van der Waals surface area (Å²) in [4.78, 5) is 36.5. The molecule has 6 nitrogen and oxygen atoms in total. The van der Waals surface area contributed by atoms with E-state index in [0.717, 1.165) is 0 Å². The number of rotatable bonds is 4. The highest BCUT2D eigenvalue weighted by molar-refractivity contribution is 9.10. The van der Waals surface area contributed by atoms with Crippen LogP contribution in [-0.2, 0) is 20.8 Å². The number of amides is 1. The molecule has 0 radical (unpaired) electrons. The molecule has 1 unspecified atom stereocenters. The van der Waals surface area contributed by atoms with Gasteiger partial charge in [-0.3, -0.25) is 14.4 Å². The van der Waals surface area contributed by atoms with Crippen molar-refractivity contribution in [3.63, 3.8) is 0 Å². The smallest absolute Gasteiger partial charge is 0.321 e. The van der Waals surface area contributed by atoms with Crippen LogP contribution in [0.5, 0.6) is 0 Å². The van der Waals surface area contributed by atoms with Crippen molar-refractivity contribution >= 4 is 39.5 Å². The van der Waals surface area contributed by atoms with Gasteiger partial charge in [-0.15, -0.1) is 0 Å². The van der Waals surface area contributed by atoms with E-state index in [1.807, 2.05) is 0 Å². The Labute approximate surface area is 158 Å². The number of benzene rings is 2. The van der Waals surface area contributed by atoms with Crippen LogP contribution in [0.2, 0.25) is 0 Å². The lowest BCUT2D eigenvalue weighted by Gasteiger charge is -2.35. The van der Waals surface area contributed by atoms with Gasteiger partial charge in [0.05, 0.1) is 11.6 Å². The Morgan fingerprint density at radius 1 is 1.00 bits per heavy atom. The number of anilines is 1. The van der Waals surface area contributed by atoms with Crippen molar-refractivity contribution in [1.82, 2.24) is 0 Å². The summed E-state index contributed by atoms with van der Waals surface area (Å²) in [6, 6.07) is 13.9. The topological polar surface area (TPSA) is 104 Å². The predicted octanol–water partition coefficient (Wildman–Crippen LogP) is 3.27. The van der Waals surface area contributed by atoms with Crippen LogP contribution in [0, 0.1) is 5.41 Å². The van der Waals surface area contributed by atoms with E-state index in [2.05, 4.69) is 21.2 Å². The number of nitrogens with one attached hydrogen (secondary N) is 1. The van der Waals surface area contributed by atoms with E-state index < -0.39 is 29.2 Å². The Morgan fingerprint density at radius 3 is 2.27 bits per heavy atom. The maximum Gasteiger partial charge on any atom is 0.321 e. The van der Waals surface area contributed by atoms with Crippen LogP contribution >= 0.6 is 15.9 Å². The highest BCUT2D eigenvalue weighted by Gasteiger charge is 2.52. The van der Waals surface area contributed by atoms with Crippen molar-refractivity contribution in [1.29, 1.82) is 0 Å². The number of carboxylic acids is 2. The van der Waals surface area contributed by atoms with E-state index in [0.29, 0.717) is 21.3 Å². The number of carboxylic acid groups (broad SMARTS) is 2. The monoisotopic (exact) mass is 417 g/mol. The Bertz CT molecular complexity index is 881. The van der Waals surface area contributed by atoms with Crippen LogP contribution in [0.25, 0.3) is 0 Å². The fourth-order valence-electron chi connectivity index (χ4n) is 3.32. The molecule has 0 aromatic heterocycles. The van der Waals surface area contributed by atoms with Gasteiger partial charge < -0.3 is 15.5 Å². The molecule has 134 valence electrons. The lowest BCUT2D eigenvalue weighted by atomic mass is 9.66. The molecule has 1 aliphatic rings. The van der Waals surface area contributed by atoms with Crippen molar-refractivity contribution in [3.8, 4) is 0 Å². The van der Waals surface area contributed by atoms with Crippen molar-refractivity contribution in [3.05, 3.63) is 64.1 Å². The lowest BCUT2D eigenvalue weighted by Crippen LogP contribution is -2.47. The molecule has 0 saturated heterocycles. The first-order valence-corrected chi connectivity index (χ1v) is 8.74. The first kappa shape index (κ1) is 18.1. The van der Waals surface area contributed by atoms with Gasteiger partial charge >= 0.3 is 11.9 Å². The van der Waals surface area contributed by atoms with Crippen LogP contribution in [0.1, 0.15) is 23.5 Å². The normalized spacial score (nSPS) is 17.8. The SMILES string of the molecule is O=C(Nc1ccccc1Br)C1CC(C(=O)O)(C(=O)O)Cc2ccccc21. The number of fused-ring (bicyclic) bond motifs is 1.